The normalized spacial score (nSPS) is 30.2. The van der Waals surface area contributed by atoms with Crippen molar-refractivity contribution < 1.29 is 29.0 Å². The van der Waals surface area contributed by atoms with Gasteiger partial charge in [-0.25, -0.2) is 0 Å². The second kappa shape index (κ2) is 10.7. The lowest BCUT2D eigenvalue weighted by Gasteiger charge is -2.35. The number of ether oxygens (including phenoxy) is 2. The summed E-state index contributed by atoms with van der Waals surface area (Å²) in [5, 5.41) is 15.8. The van der Waals surface area contributed by atoms with Gasteiger partial charge in [-0.05, 0) is 50.1 Å². The molecule has 38 heavy (non-hydrogen) atoms. The average molecular weight is 586 g/mol. The summed E-state index contributed by atoms with van der Waals surface area (Å²) >= 11 is 3.66. The SMILES string of the molecule is CCOc1ccc(NC(=O)[C@H]2[C@@H]3OC4(CC3Br)C(C(=O)NCc3ccccc3)N([C@H](C)CO)C(=O)[C@H]24)cc1. The van der Waals surface area contributed by atoms with Crippen LogP contribution in [0.4, 0.5) is 5.69 Å². The molecule has 3 heterocycles. The number of likely N-dealkylation sites (tertiary alicyclic amines) is 1. The maximum absolute atomic E-state index is 13.9. The molecule has 0 radical (unpaired) electrons. The van der Waals surface area contributed by atoms with Gasteiger partial charge in [-0.2, -0.15) is 0 Å². The van der Waals surface area contributed by atoms with Gasteiger partial charge in [0.2, 0.25) is 17.7 Å². The third kappa shape index (κ3) is 4.48. The van der Waals surface area contributed by atoms with E-state index in [0.29, 0.717) is 24.5 Å². The molecule has 1 spiro atoms. The number of rotatable bonds is 9. The summed E-state index contributed by atoms with van der Waals surface area (Å²) in [6.45, 7) is 4.09. The Kier molecular flexibility index (Phi) is 7.48. The Hall–Kier alpha value is -2.95. The molecule has 5 rings (SSSR count). The van der Waals surface area contributed by atoms with E-state index in [9.17, 15) is 19.5 Å². The molecule has 0 saturated carbocycles. The van der Waals surface area contributed by atoms with Crippen LogP contribution in [0.2, 0.25) is 0 Å². The molecule has 3 N–H and O–H groups in total. The van der Waals surface area contributed by atoms with E-state index in [4.69, 9.17) is 9.47 Å². The highest BCUT2D eigenvalue weighted by atomic mass is 79.9. The third-order valence-electron chi connectivity index (χ3n) is 7.76. The first-order valence-electron chi connectivity index (χ1n) is 12.9. The number of aliphatic hydroxyl groups excluding tert-OH is 1. The van der Waals surface area contributed by atoms with Gasteiger partial charge in [0.15, 0.2) is 0 Å². The smallest absolute Gasteiger partial charge is 0.246 e. The minimum Gasteiger partial charge on any atom is -0.494 e. The second-order valence-corrected chi connectivity index (χ2v) is 11.3. The van der Waals surface area contributed by atoms with E-state index in [2.05, 4.69) is 26.6 Å². The number of anilines is 1. The number of carbonyl (C=O) groups excluding carboxylic acids is 3. The molecule has 0 aromatic heterocycles. The fourth-order valence-electron chi connectivity index (χ4n) is 6.14. The number of nitrogens with one attached hydrogen (secondary N) is 2. The van der Waals surface area contributed by atoms with E-state index >= 15 is 0 Å². The van der Waals surface area contributed by atoms with Gasteiger partial charge in [0.1, 0.15) is 17.4 Å². The number of nitrogens with zero attached hydrogens (tertiary/aromatic N) is 1. The quantitative estimate of drug-likeness (QED) is 0.389. The zero-order valence-electron chi connectivity index (χ0n) is 21.3. The number of hydrogen-bond donors (Lipinski definition) is 3. The van der Waals surface area contributed by atoms with Crippen LogP contribution in [0, 0.1) is 11.8 Å². The molecule has 2 aromatic carbocycles. The zero-order valence-corrected chi connectivity index (χ0v) is 22.9. The summed E-state index contributed by atoms with van der Waals surface area (Å²) in [5.74, 6) is -2.00. The van der Waals surface area contributed by atoms with Crippen molar-refractivity contribution in [2.45, 2.75) is 55.4 Å². The monoisotopic (exact) mass is 585 g/mol. The largest absolute Gasteiger partial charge is 0.494 e. The molecule has 3 aliphatic rings. The molecule has 3 unspecified atom stereocenters. The number of amides is 3. The van der Waals surface area contributed by atoms with Gasteiger partial charge < -0.3 is 30.1 Å². The summed E-state index contributed by atoms with van der Waals surface area (Å²) in [4.78, 5) is 42.4. The van der Waals surface area contributed by atoms with Gasteiger partial charge >= 0.3 is 0 Å². The number of benzene rings is 2. The van der Waals surface area contributed by atoms with Crippen molar-refractivity contribution >= 4 is 39.3 Å². The lowest BCUT2D eigenvalue weighted by molar-refractivity contribution is -0.144. The van der Waals surface area contributed by atoms with E-state index < -0.39 is 35.6 Å². The van der Waals surface area contributed by atoms with Crippen molar-refractivity contribution in [3.8, 4) is 5.75 Å². The molecule has 7 atom stereocenters. The van der Waals surface area contributed by atoms with E-state index in [0.717, 1.165) is 5.56 Å². The molecule has 3 saturated heterocycles. The Morgan fingerprint density at radius 1 is 1.18 bits per heavy atom. The number of aliphatic hydroxyl groups is 1. The molecule has 9 nitrogen and oxygen atoms in total. The maximum Gasteiger partial charge on any atom is 0.246 e. The molecule has 3 aliphatic heterocycles. The predicted molar refractivity (Wildman–Crippen MR) is 144 cm³/mol. The molecule has 3 fully saturated rings. The van der Waals surface area contributed by atoms with Gasteiger partial charge in [0, 0.05) is 17.1 Å². The zero-order chi connectivity index (χ0) is 27.0. The van der Waals surface area contributed by atoms with Crippen LogP contribution in [0.3, 0.4) is 0 Å². The number of hydrogen-bond acceptors (Lipinski definition) is 6. The molecule has 2 aromatic rings. The molecule has 0 aliphatic carbocycles. The highest BCUT2D eigenvalue weighted by molar-refractivity contribution is 9.09. The highest BCUT2D eigenvalue weighted by Gasteiger charge is 2.76. The van der Waals surface area contributed by atoms with Crippen molar-refractivity contribution in [3.63, 3.8) is 0 Å². The lowest BCUT2D eigenvalue weighted by atomic mass is 9.70. The minimum absolute atomic E-state index is 0.212. The molecule has 10 heteroatoms. The fraction of sp³-hybridized carbons (Fsp3) is 0.464. The number of carbonyl (C=O) groups is 3. The predicted octanol–water partition coefficient (Wildman–Crippen LogP) is 2.47. The molecular formula is C28H32BrN3O6. The Balaban J connectivity index is 1.42. The number of halogens is 1. The van der Waals surface area contributed by atoms with E-state index in [1.54, 1.807) is 31.2 Å². The van der Waals surface area contributed by atoms with Crippen LogP contribution in [0.15, 0.2) is 54.6 Å². The van der Waals surface area contributed by atoms with Crippen LogP contribution in [-0.4, -0.2) is 69.6 Å². The summed E-state index contributed by atoms with van der Waals surface area (Å²) in [6, 6.07) is 14.9. The standard InChI is InChI=1S/C28H32BrN3O6/c1-3-37-19-11-9-18(10-12-19)31-25(34)21-22-27(36)32(16(2)15-33)24(28(22)13-20(29)23(21)38-28)26(35)30-14-17-7-5-4-6-8-17/h4-12,16,20-24,33H,3,13-15H2,1-2H3,(H,30,35)(H,31,34)/t16-,20?,21-,22+,23-,24?,28?/m1/s1. The van der Waals surface area contributed by atoms with Gasteiger partial charge in [-0.15, -0.1) is 0 Å². The van der Waals surface area contributed by atoms with Crippen LogP contribution in [-0.2, 0) is 25.7 Å². The highest BCUT2D eigenvalue weighted by Crippen LogP contribution is 2.60. The number of alkyl halides is 1. The first-order valence-corrected chi connectivity index (χ1v) is 13.8. The lowest BCUT2D eigenvalue weighted by Crippen LogP contribution is -2.57. The van der Waals surface area contributed by atoms with Crippen molar-refractivity contribution in [2.24, 2.45) is 11.8 Å². The molecule has 2 bridgehead atoms. The first-order chi connectivity index (χ1) is 18.3. The number of fused-ring (bicyclic) bond motifs is 1. The van der Waals surface area contributed by atoms with Gasteiger partial charge in [-0.1, -0.05) is 46.3 Å². The molecule has 3 amide bonds. The Bertz CT molecular complexity index is 1190. The average Bonchev–Trinajstić information content (AvgIpc) is 3.52. The van der Waals surface area contributed by atoms with Crippen molar-refractivity contribution in [1.82, 2.24) is 10.2 Å². The summed E-state index contributed by atoms with van der Waals surface area (Å²) < 4.78 is 11.9. The van der Waals surface area contributed by atoms with Crippen LogP contribution in [0.5, 0.6) is 5.75 Å². The van der Waals surface area contributed by atoms with Crippen LogP contribution < -0.4 is 15.4 Å². The Morgan fingerprint density at radius 2 is 1.89 bits per heavy atom. The van der Waals surface area contributed by atoms with Crippen molar-refractivity contribution in [3.05, 3.63) is 60.2 Å². The summed E-state index contributed by atoms with van der Waals surface area (Å²) in [7, 11) is 0. The van der Waals surface area contributed by atoms with Crippen LogP contribution in [0.25, 0.3) is 0 Å². The van der Waals surface area contributed by atoms with Gasteiger partial charge in [0.05, 0.1) is 37.2 Å². The Labute approximate surface area is 230 Å². The van der Waals surface area contributed by atoms with Crippen molar-refractivity contribution in [1.29, 1.82) is 0 Å². The van der Waals surface area contributed by atoms with E-state index in [1.807, 2.05) is 37.3 Å². The molecular weight excluding hydrogens is 554 g/mol. The third-order valence-corrected chi connectivity index (χ3v) is 8.60. The van der Waals surface area contributed by atoms with Crippen molar-refractivity contribution in [2.75, 3.05) is 18.5 Å². The maximum atomic E-state index is 13.9. The van der Waals surface area contributed by atoms with Crippen LogP contribution >= 0.6 is 15.9 Å². The first kappa shape index (κ1) is 26.6. The minimum atomic E-state index is -1.18. The summed E-state index contributed by atoms with van der Waals surface area (Å²) in [5.41, 5.74) is 0.314. The van der Waals surface area contributed by atoms with Crippen LogP contribution in [0.1, 0.15) is 25.8 Å². The van der Waals surface area contributed by atoms with Gasteiger partial charge in [-0.3, -0.25) is 14.4 Å². The topological polar surface area (TPSA) is 117 Å². The van der Waals surface area contributed by atoms with E-state index in [1.165, 1.54) is 4.90 Å². The fourth-order valence-corrected chi connectivity index (χ4v) is 7.08. The summed E-state index contributed by atoms with van der Waals surface area (Å²) in [6.07, 6.45) is -0.165. The van der Waals surface area contributed by atoms with Gasteiger partial charge in [0.25, 0.3) is 0 Å². The van der Waals surface area contributed by atoms with E-state index in [-0.39, 0.29) is 35.7 Å². The second-order valence-electron chi connectivity index (χ2n) is 10.1. The molecule has 202 valence electrons. The Morgan fingerprint density at radius 3 is 2.55 bits per heavy atom.